The van der Waals surface area contributed by atoms with Crippen molar-refractivity contribution in [3.63, 3.8) is 0 Å². The second kappa shape index (κ2) is 9.22. The summed E-state index contributed by atoms with van der Waals surface area (Å²) < 4.78 is 0. The van der Waals surface area contributed by atoms with Crippen molar-refractivity contribution in [1.82, 2.24) is 4.98 Å². The van der Waals surface area contributed by atoms with Crippen LogP contribution in [0.1, 0.15) is 40.6 Å². The minimum absolute atomic E-state index is 0. The first kappa shape index (κ1) is 19.9. The van der Waals surface area contributed by atoms with E-state index in [1.54, 1.807) is 11.3 Å². The largest absolute Gasteiger partial charge is 0.370 e. The first-order chi connectivity index (χ1) is 10.5. The SMILES string of the molecule is CCc1cccc(CC)c1NC(N)=NCc1nc(C)sc1C.I. The Morgan fingerprint density at radius 3 is 2.30 bits per heavy atom. The van der Waals surface area contributed by atoms with E-state index in [4.69, 9.17) is 5.73 Å². The molecule has 0 saturated heterocycles. The summed E-state index contributed by atoms with van der Waals surface area (Å²) in [5, 5.41) is 4.35. The minimum Gasteiger partial charge on any atom is -0.370 e. The first-order valence-corrected chi connectivity index (χ1v) is 8.47. The number of rotatable bonds is 5. The monoisotopic (exact) mass is 444 g/mol. The van der Waals surface area contributed by atoms with E-state index in [0.29, 0.717) is 12.5 Å². The van der Waals surface area contributed by atoms with Crippen molar-refractivity contribution >= 4 is 47.0 Å². The van der Waals surface area contributed by atoms with Crippen LogP contribution < -0.4 is 11.1 Å². The zero-order chi connectivity index (χ0) is 16.1. The standard InChI is InChI=1S/C17H24N4S.HI/c1-5-13-8-7-9-14(6-2)16(13)21-17(18)19-10-15-11(3)22-12(4)20-15;/h7-9H,5-6,10H2,1-4H3,(H3,18,19,21);1H. The predicted octanol–water partition coefficient (Wildman–Crippen LogP) is 4.43. The van der Waals surface area contributed by atoms with Crippen molar-refractivity contribution in [2.24, 2.45) is 10.7 Å². The Morgan fingerprint density at radius 1 is 1.22 bits per heavy atom. The zero-order valence-electron chi connectivity index (χ0n) is 14.1. The molecule has 4 nitrogen and oxygen atoms in total. The molecule has 0 atom stereocenters. The molecule has 0 aliphatic rings. The molecule has 0 bridgehead atoms. The molecule has 2 aromatic rings. The lowest BCUT2D eigenvalue weighted by atomic mass is 10.0. The van der Waals surface area contributed by atoms with Crippen LogP contribution in [0.2, 0.25) is 0 Å². The Morgan fingerprint density at radius 2 is 1.83 bits per heavy atom. The lowest BCUT2D eigenvalue weighted by Crippen LogP contribution is -2.24. The van der Waals surface area contributed by atoms with Gasteiger partial charge >= 0.3 is 0 Å². The topological polar surface area (TPSA) is 63.3 Å². The van der Waals surface area contributed by atoms with E-state index in [1.807, 2.05) is 6.92 Å². The number of nitrogens with two attached hydrogens (primary N) is 1. The molecule has 0 spiro atoms. The van der Waals surface area contributed by atoms with E-state index in [0.717, 1.165) is 29.2 Å². The summed E-state index contributed by atoms with van der Waals surface area (Å²) in [4.78, 5) is 10.1. The van der Waals surface area contributed by atoms with E-state index in [9.17, 15) is 0 Å². The molecule has 6 heteroatoms. The normalized spacial score (nSPS) is 11.2. The molecule has 1 heterocycles. The van der Waals surface area contributed by atoms with Gasteiger partial charge in [0.25, 0.3) is 0 Å². The molecular weight excluding hydrogens is 419 g/mol. The summed E-state index contributed by atoms with van der Waals surface area (Å²) >= 11 is 1.70. The fourth-order valence-corrected chi connectivity index (χ4v) is 3.28. The molecule has 0 unspecified atom stereocenters. The molecule has 0 aliphatic heterocycles. The quantitative estimate of drug-likeness (QED) is 0.408. The third kappa shape index (κ3) is 5.17. The Labute approximate surface area is 159 Å². The second-order valence-electron chi connectivity index (χ2n) is 5.22. The molecular formula is C17H25IN4S. The highest BCUT2D eigenvalue weighted by molar-refractivity contribution is 14.0. The van der Waals surface area contributed by atoms with Crippen molar-refractivity contribution in [3.8, 4) is 0 Å². The summed E-state index contributed by atoms with van der Waals surface area (Å²) in [5.74, 6) is 0.445. The van der Waals surface area contributed by atoms with Gasteiger partial charge in [-0.2, -0.15) is 0 Å². The number of halogens is 1. The number of nitrogens with zero attached hydrogens (tertiary/aromatic N) is 2. The highest BCUT2D eigenvalue weighted by Crippen LogP contribution is 2.22. The van der Waals surface area contributed by atoms with Gasteiger partial charge in [0.15, 0.2) is 5.96 Å². The number of hydrogen-bond acceptors (Lipinski definition) is 3. The van der Waals surface area contributed by atoms with Gasteiger partial charge in [-0.3, -0.25) is 0 Å². The second-order valence-corrected chi connectivity index (χ2v) is 6.63. The van der Waals surface area contributed by atoms with Crippen molar-refractivity contribution in [1.29, 1.82) is 0 Å². The lowest BCUT2D eigenvalue weighted by Gasteiger charge is -2.14. The van der Waals surface area contributed by atoms with Crippen LogP contribution in [0.15, 0.2) is 23.2 Å². The van der Waals surface area contributed by atoms with Gasteiger partial charge in [0.2, 0.25) is 0 Å². The van der Waals surface area contributed by atoms with E-state index in [1.165, 1.54) is 16.0 Å². The number of para-hydroxylation sites is 1. The molecule has 1 aromatic carbocycles. The Bertz CT molecular complexity index is 657. The van der Waals surface area contributed by atoms with Crippen molar-refractivity contribution in [3.05, 3.63) is 44.9 Å². The number of anilines is 1. The van der Waals surface area contributed by atoms with Crippen molar-refractivity contribution < 1.29 is 0 Å². The fraction of sp³-hybridized carbons (Fsp3) is 0.412. The highest BCUT2D eigenvalue weighted by atomic mass is 127. The van der Waals surface area contributed by atoms with Crippen LogP contribution in [0, 0.1) is 13.8 Å². The Hall–Kier alpha value is -1.15. The maximum atomic E-state index is 6.07. The molecule has 2 rings (SSSR count). The van der Waals surface area contributed by atoms with Gasteiger partial charge in [-0.1, -0.05) is 32.0 Å². The molecule has 0 fully saturated rings. The van der Waals surface area contributed by atoms with Crippen LogP contribution in [0.3, 0.4) is 0 Å². The Kier molecular flexibility index (Phi) is 7.98. The molecule has 23 heavy (non-hydrogen) atoms. The van der Waals surface area contributed by atoms with Crippen LogP contribution in [-0.4, -0.2) is 10.9 Å². The summed E-state index contributed by atoms with van der Waals surface area (Å²) in [6.07, 6.45) is 1.93. The van der Waals surface area contributed by atoms with Gasteiger partial charge < -0.3 is 11.1 Å². The first-order valence-electron chi connectivity index (χ1n) is 7.65. The lowest BCUT2D eigenvalue weighted by molar-refractivity contribution is 0.979. The predicted molar refractivity (Wildman–Crippen MR) is 111 cm³/mol. The van der Waals surface area contributed by atoms with Gasteiger partial charge in [0, 0.05) is 10.6 Å². The van der Waals surface area contributed by atoms with Crippen LogP contribution in [0.4, 0.5) is 5.69 Å². The third-order valence-electron chi connectivity index (χ3n) is 3.65. The van der Waals surface area contributed by atoms with Gasteiger partial charge in [-0.15, -0.1) is 35.3 Å². The van der Waals surface area contributed by atoms with Crippen LogP contribution in [0.5, 0.6) is 0 Å². The summed E-state index contributed by atoms with van der Waals surface area (Å²) in [7, 11) is 0. The van der Waals surface area contributed by atoms with Gasteiger partial charge in [-0.05, 0) is 37.8 Å². The van der Waals surface area contributed by atoms with Crippen LogP contribution in [-0.2, 0) is 19.4 Å². The van der Waals surface area contributed by atoms with Gasteiger partial charge in [0.1, 0.15) is 0 Å². The molecule has 0 aliphatic carbocycles. The highest BCUT2D eigenvalue weighted by Gasteiger charge is 2.08. The smallest absolute Gasteiger partial charge is 0.193 e. The van der Waals surface area contributed by atoms with E-state index in [2.05, 4.69) is 54.3 Å². The zero-order valence-corrected chi connectivity index (χ0v) is 17.3. The van der Waals surface area contributed by atoms with E-state index >= 15 is 0 Å². The van der Waals surface area contributed by atoms with Crippen molar-refractivity contribution in [2.75, 3.05) is 5.32 Å². The van der Waals surface area contributed by atoms with Crippen molar-refractivity contribution in [2.45, 2.75) is 47.1 Å². The van der Waals surface area contributed by atoms with E-state index < -0.39 is 0 Å². The maximum absolute atomic E-state index is 6.07. The van der Waals surface area contributed by atoms with Crippen LogP contribution in [0.25, 0.3) is 0 Å². The summed E-state index contributed by atoms with van der Waals surface area (Å²) in [6, 6.07) is 6.35. The number of hydrogen-bond donors (Lipinski definition) is 2. The average Bonchev–Trinajstić information content (AvgIpc) is 2.83. The number of benzene rings is 1. The number of guanidine groups is 1. The number of nitrogens with one attached hydrogen (secondary N) is 1. The summed E-state index contributed by atoms with van der Waals surface area (Å²) in [5.41, 5.74) is 10.7. The van der Waals surface area contributed by atoms with Crippen LogP contribution >= 0.6 is 35.3 Å². The fourth-order valence-electron chi connectivity index (χ4n) is 2.45. The molecule has 0 saturated carbocycles. The number of aromatic nitrogens is 1. The summed E-state index contributed by atoms with van der Waals surface area (Å²) in [6.45, 7) is 8.90. The molecule has 1 aromatic heterocycles. The van der Waals surface area contributed by atoms with E-state index in [-0.39, 0.29) is 24.0 Å². The van der Waals surface area contributed by atoms with Gasteiger partial charge in [0.05, 0.1) is 17.2 Å². The number of aliphatic imine (C=N–C) groups is 1. The molecule has 3 N–H and O–H groups in total. The minimum atomic E-state index is 0. The average molecular weight is 444 g/mol. The molecule has 126 valence electrons. The third-order valence-corrected chi connectivity index (χ3v) is 4.58. The maximum Gasteiger partial charge on any atom is 0.193 e. The number of aryl methyl sites for hydroxylation is 4. The Balaban J connectivity index is 0.00000264. The molecule has 0 radical (unpaired) electrons. The molecule has 0 amide bonds. The number of thiazole rings is 1. The van der Waals surface area contributed by atoms with Gasteiger partial charge in [-0.25, -0.2) is 9.98 Å².